The van der Waals surface area contributed by atoms with E-state index < -0.39 is 0 Å². The van der Waals surface area contributed by atoms with Crippen LogP contribution in [0.25, 0.3) is 0 Å². The van der Waals surface area contributed by atoms with Gasteiger partial charge in [-0.15, -0.1) is 0 Å². The molecular weight excluding hydrogens is 284 g/mol. The largest absolute Gasteiger partial charge is 0.462 e. The van der Waals surface area contributed by atoms with Crippen LogP contribution in [0.5, 0.6) is 0 Å². The molecule has 0 radical (unpaired) electrons. The van der Waals surface area contributed by atoms with Crippen LogP contribution in [-0.2, 0) is 9.53 Å². The molecular formula is C21H40O2. The van der Waals surface area contributed by atoms with E-state index in [9.17, 15) is 4.79 Å². The molecule has 0 saturated heterocycles. The monoisotopic (exact) mass is 324 g/mol. The third-order valence-corrected chi connectivity index (χ3v) is 5.48. The van der Waals surface area contributed by atoms with Crippen LogP contribution in [0.2, 0.25) is 0 Å². The first-order valence-electron chi connectivity index (χ1n) is 10.2. The molecule has 0 spiro atoms. The average Bonchev–Trinajstić information content (AvgIpc) is 2.49. The molecule has 1 rings (SSSR count). The van der Waals surface area contributed by atoms with Gasteiger partial charge >= 0.3 is 5.97 Å². The van der Waals surface area contributed by atoms with Gasteiger partial charge in [-0.3, -0.25) is 4.79 Å². The summed E-state index contributed by atoms with van der Waals surface area (Å²) in [4.78, 5) is 12.1. The van der Waals surface area contributed by atoms with Crippen LogP contribution in [0.1, 0.15) is 105 Å². The summed E-state index contributed by atoms with van der Waals surface area (Å²) in [7, 11) is 0. The van der Waals surface area contributed by atoms with Gasteiger partial charge in [-0.1, -0.05) is 79.1 Å². The van der Waals surface area contributed by atoms with E-state index in [0.717, 1.165) is 12.8 Å². The second-order valence-electron chi connectivity index (χ2n) is 8.08. The topological polar surface area (TPSA) is 26.3 Å². The summed E-state index contributed by atoms with van der Waals surface area (Å²) in [6, 6.07) is 0. The fourth-order valence-electron chi connectivity index (χ4n) is 3.88. The van der Waals surface area contributed by atoms with Crippen molar-refractivity contribution in [2.45, 2.75) is 111 Å². The van der Waals surface area contributed by atoms with Crippen LogP contribution < -0.4 is 0 Å². The quantitative estimate of drug-likeness (QED) is 0.319. The van der Waals surface area contributed by atoms with Crippen molar-refractivity contribution in [3.63, 3.8) is 0 Å². The fourth-order valence-corrected chi connectivity index (χ4v) is 3.88. The Morgan fingerprint density at radius 1 is 1.00 bits per heavy atom. The normalized spacial score (nSPS) is 24.8. The second kappa shape index (κ2) is 11.9. The molecule has 0 aromatic carbocycles. The number of hydrogen-bond acceptors (Lipinski definition) is 2. The maximum Gasteiger partial charge on any atom is 0.306 e. The summed E-state index contributed by atoms with van der Waals surface area (Å²) in [5.74, 6) is 1.92. The molecule has 3 unspecified atom stereocenters. The molecule has 1 fully saturated rings. The first kappa shape index (κ1) is 20.5. The van der Waals surface area contributed by atoms with Crippen molar-refractivity contribution >= 4 is 5.97 Å². The van der Waals surface area contributed by atoms with Crippen LogP contribution >= 0.6 is 0 Å². The number of rotatable bonds is 11. The molecule has 0 aliphatic heterocycles. The van der Waals surface area contributed by atoms with Gasteiger partial charge in [0.1, 0.15) is 6.10 Å². The maximum atomic E-state index is 12.1. The van der Waals surface area contributed by atoms with Crippen molar-refractivity contribution in [2.24, 2.45) is 17.8 Å². The van der Waals surface area contributed by atoms with Gasteiger partial charge in [-0.2, -0.15) is 0 Å². The van der Waals surface area contributed by atoms with E-state index in [2.05, 4.69) is 27.7 Å². The standard InChI is InChI=1S/C21H40O2/c1-5-6-7-8-9-10-11-12-13-21(22)23-20-16-18(4)14-15-19(20)17(2)3/h17-20H,5-16H2,1-4H3. The highest BCUT2D eigenvalue weighted by Gasteiger charge is 2.33. The number of ether oxygens (including phenoxy) is 1. The average molecular weight is 325 g/mol. The van der Waals surface area contributed by atoms with Gasteiger partial charge in [0, 0.05) is 6.42 Å². The predicted octanol–water partition coefficient (Wildman–Crippen LogP) is 6.52. The van der Waals surface area contributed by atoms with Crippen LogP contribution in [0.4, 0.5) is 0 Å². The Morgan fingerprint density at radius 3 is 2.22 bits per heavy atom. The maximum absolute atomic E-state index is 12.1. The zero-order valence-electron chi connectivity index (χ0n) is 16.1. The molecule has 0 aromatic rings. The molecule has 3 atom stereocenters. The second-order valence-corrected chi connectivity index (χ2v) is 8.08. The third kappa shape index (κ3) is 8.77. The summed E-state index contributed by atoms with van der Waals surface area (Å²) in [6.45, 7) is 9.07. The highest BCUT2D eigenvalue weighted by molar-refractivity contribution is 5.69. The summed E-state index contributed by atoms with van der Waals surface area (Å²) < 4.78 is 5.86. The molecule has 1 aliphatic rings. The fraction of sp³-hybridized carbons (Fsp3) is 0.952. The summed E-state index contributed by atoms with van der Waals surface area (Å²) in [5, 5.41) is 0. The Morgan fingerprint density at radius 2 is 1.61 bits per heavy atom. The Labute approximate surface area is 144 Å². The lowest BCUT2D eigenvalue weighted by molar-refractivity contribution is -0.156. The summed E-state index contributed by atoms with van der Waals surface area (Å²) in [6.07, 6.45) is 14.5. The van der Waals surface area contributed by atoms with Crippen molar-refractivity contribution in [3.8, 4) is 0 Å². The van der Waals surface area contributed by atoms with Gasteiger partial charge < -0.3 is 4.74 Å². The third-order valence-electron chi connectivity index (χ3n) is 5.48. The minimum absolute atomic E-state index is 0.0423. The predicted molar refractivity (Wildman–Crippen MR) is 98.5 cm³/mol. The van der Waals surface area contributed by atoms with E-state index in [4.69, 9.17) is 4.74 Å². The molecule has 1 saturated carbocycles. The summed E-state index contributed by atoms with van der Waals surface area (Å²) >= 11 is 0. The number of carbonyl (C=O) groups excluding carboxylic acids is 1. The van der Waals surface area contributed by atoms with Gasteiger partial charge in [0.2, 0.25) is 0 Å². The smallest absolute Gasteiger partial charge is 0.306 e. The van der Waals surface area contributed by atoms with E-state index in [-0.39, 0.29) is 12.1 Å². The SMILES string of the molecule is CCCCCCCCCCC(=O)OC1CC(C)CCC1C(C)C. The van der Waals surface area contributed by atoms with Crippen LogP contribution in [0.3, 0.4) is 0 Å². The van der Waals surface area contributed by atoms with E-state index in [0.29, 0.717) is 24.2 Å². The van der Waals surface area contributed by atoms with Gasteiger partial charge in [0.05, 0.1) is 0 Å². The van der Waals surface area contributed by atoms with Gasteiger partial charge in [-0.05, 0) is 37.0 Å². The highest BCUT2D eigenvalue weighted by Crippen LogP contribution is 2.35. The molecule has 2 heteroatoms. The Hall–Kier alpha value is -0.530. The van der Waals surface area contributed by atoms with Crippen molar-refractivity contribution < 1.29 is 9.53 Å². The zero-order valence-corrected chi connectivity index (χ0v) is 16.1. The molecule has 0 amide bonds. The van der Waals surface area contributed by atoms with E-state index in [1.54, 1.807) is 0 Å². The number of carbonyl (C=O) groups is 1. The minimum Gasteiger partial charge on any atom is -0.462 e. The zero-order chi connectivity index (χ0) is 17.1. The lowest BCUT2D eigenvalue weighted by atomic mass is 9.75. The van der Waals surface area contributed by atoms with Gasteiger partial charge in [0.25, 0.3) is 0 Å². The minimum atomic E-state index is 0.0423. The van der Waals surface area contributed by atoms with E-state index >= 15 is 0 Å². The molecule has 136 valence electrons. The Kier molecular flexibility index (Phi) is 10.6. The number of esters is 1. The molecule has 1 aliphatic carbocycles. The molecule has 2 nitrogen and oxygen atoms in total. The van der Waals surface area contributed by atoms with Crippen LogP contribution in [-0.4, -0.2) is 12.1 Å². The van der Waals surface area contributed by atoms with Crippen molar-refractivity contribution in [1.82, 2.24) is 0 Å². The van der Waals surface area contributed by atoms with Crippen LogP contribution in [0, 0.1) is 17.8 Å². The number of unbranched alkanes of at least 4 members (excludes halogenated alkanes) is 7. The molecule has 0 aromatic heterocycles. The highest BCUT2D eigenvalue weighted by atomic mass is 16.5. The Balaban J connectivity index is 2.14. The van der Waals surface area contributed by atoms with Gasteiger partial charge in [0.15, 0.2) is 0 Å². The first-order valence-corrected chi connectivity index (χ1v) is 10.2. The van der Waals surface area contributed by atoms with Crippen LogP contribution in [0.15, 0.2) is 0 Å². The van der Waals surface area contributed by atoms with Crippen molar-refractivity contribution in [2.75, 3.05) is 0 Å². The summed E-state index contributed by atoms with van der Waals surface area (Å²) in [5.41, 5.74) is 0. The van der Waals surface area contributed by atoms with Gasteiger partial charge in [-0.25, -0.2) is 0 Å². The molecule has 23 heavy (non-hydrogen) atoms. The van der Waals surface area contributed by atoms with E-state index in [1.807, 2.05) is 0 Å². The molecule has 0 N–H and O–H groups in total. The van der Waals surface area contributed by atoms with E-state index in [1.165, 1.54) is 57.8 Å². The lowest BCUT2D eigenvalue weighted by Gasteiger charge is -2.36. The van der Waals surface area contributed by atoms with Crippen molar-refractivity contribution in [1.29, 1.82) is 0 Å². The number of hydrogen-bond donors (Lipinski definition) is 0. The molecule has 0 bridgehead atoms. The molecule has 0 heterocycles. The lowest BCUT2D eigenvalue weighted by Crippen LogP contribution is -2.35. The first-order chi connectivity index (χ1) is 11.0. The van der Waals surface area contributed by atoms with Crippen molar-refractivity contribution in [3.05, 3.63) is 0 Å². The Bertz CT molecular complexity index is 311.